The summed E-state index contributed by atoms with van der Waals surface area (Å²) in [6.07, 6.45) is 10.2. The number of rotatable bonds is 7. The lowest BCUT2D eigenvalue weighted by atomic mass is 9.99. The van der Waals surface area contributed by atoms with Gasteiger partial charge >= 0.3 is 0 Å². The monoisotopic (exact) mass is 503 g/mol. The maximum absolute atomic E-state index is 5.50. The summed E-state index contributed by atoms with van der Waals surface area (Å²) in [6, 6.07) is 3.43. The van der Waals surface area contributed by atoms with Gasteiger partial charge in [-0.15, -0.1) is 24.0 Å². The van der Waals surface area contributed by atoms with E-state index in [1.165, 1.54) is 51.6 Å². The Morgan fingerprint density at radius 3 is 2.50 bits per heavy atom. The fourth-order valence-corrected chi connectivity index (χ4v) is 4.55. The SMILES string of the molecule is CCC(CC)c1cc(CNC(=NC)NC2CCN(C3CCCC3)CC2)on1.I. The molecule has 3 rings (SSSR count). The van der Waals surface area contributed by atoms with Gasteiger partial charge < -0.3 is 20.1 Å². The maximum atomic E-state index is 5.50. The van der Waals surface area contributed by atoms with Crippen molar-refractivity contribution >= 4 is 29.9 Å². The number of aromatic nitrogens is 1. The number of nitrogens with zero attached hydrogens (tertiary/aromatic N) is 3. The van der Waals surface area contributed by atoms with E-state index in [1.807, 2.05) is 7.05 Å². The summed E-state index contributed by atoms with van der Waals surface area (Å²) >= 11 is 0. The highest BCUT2D eigenvalue weighted by molar-refractivity contribution is 14.0. The Morgan fingerprint density at radius 1 is 1.21 bits per heavy atom. The molecular formula is C21H38IN5O. The number of halogens is 1. The lowest BCUT2D eigenvalue weighted by Gasteiger charge is -2.36. The van der Waals surface area contributed by atoms with Crippen molar-refractivity contribution in [3.8, 4) is 0 Å². The van der Waals surface area contributed by atoms with Gasteiger partial charge in [-0.1, -0.05) is 31.8 Å². The molecule has 0 amide bonds. The molecule has 1 saturated carbocycles. The lowest BCUT2D eigenvalue weighted by Crippen LogP contribution is -2.50. The minimum Gasteiger partial charge on any atom is -0.359 e. The number of hydrogen-bond acceptors (Lipinski definition) is 4. The average molecular weight is 503 g/mol. The van der Waals surface area contributed by atoms with Crippen LogP contribution < -0.4 is 10.6 Å². The number of aliphatic imine (C=N–C) groups is 1. The van der Waals surface area contributed by atoms with Gasteiger partial charge in [0, 0.05) is 44.2 Å². The van der Waals surface area contributed by atoms with Gasteiger partial charge in [0.25, 0.3) is 0 Å². The highest BCUT2D eigenvalue weighted by Gasteiger charge is 2.27. The molecule has 0 atom stereocenters. The van der Waals surface area contributed by atoms with Crippen LogP contribution in [0.15, 0.2) is 15.6 Å². The Hall–Kier alpha value is -0.830. The van der Waals surface area contributed by atoms with Crippen LogP contribution in [0, 0.1) is 0 Å². The molecule has 1 saturated heterocycles. The Balaban J connectivity index is 0.00000280. The third-order valence-corrected chi connectivity index (χ3v) is 6.35. The Labute approximate surface area is 187 Å². The molecular weight excluding hydrogens is 465 g/mol. The zero-order valence-corrected chi connectivity index (χ0v) is 20.1. The number of guanidine groups is 1. The van der Waals surface area contributed by atoms with E-state index in [0.717, 1.165) is 36.3 Å². The summed E-state index contributed by atoms with van der Waals surface area (Å²) in [7, 11) is 1.83. The van der Waals surface area contributed by atoms with Crippen LogP contribution in [0.2, 0.25) is 0 Å². The second-order valence-electron chi connectivity index (χ2n) is 8.05. The molecule has 6 nitrogen and oxygen atoms in total. The molecule has 1 aliphatic heterocycles. The molecule has 2 heterocycles. The zero-order valence-electron chi connectivity index (χ0n) is 17.7. The van der Waals surface area contributed by atoms with Crippen LogP contribution in [-0.2, 0) is 6.54 Å². The van der Waals surface area contributed by atoms with Crippen LogP contribution in [-0.4, -0.2) is 48.2 Å². The van der Waals surface area contributed by atoms with Crippen molar-refractivity contribution in [3.63, 3.8) is 0 Å². The third-order valence-electron chi connectivity index (χ3n) is 6.35. The molecule has 2 N–H and O–H groups in total. The van der Waals surface area contributed by atoms with Gasteiger partial charge in [0.05, 0.1) is 12.2 Å². The summed E-state index contributed by atoms with van der Waals surface area (Å²) in [5.41, 5.74) is 1.07. The number of piperidine rings is 1. The van der Waals surface area contributed by atoms with Gasteiger partial charge in [0.1, 0.15) is 0 Å². The van der Waals surface area contributed by atoms with E-state index in [4.69, 9.17) is 4.52 Å². The fraction of sp³-hybridized carbons (Fsp3) is 0.810. The van der Waals surface area contributed by atoms with Crippen LogP contribution in [0.5, 0.6) is 0 Å². The van der Waals surface area contributed by atoms with E-state index < -0.39 is 0 Å². The number of likely N-dealkylation sites (tertiary alicyclic amines) is 1. The molecule has 2 fully saturated rings. The Morgan fingerprint density at radius 2 is 1.89 bits per heavy atom. The smallest absolute Gasteiger partial charge is 0.191 e. The molecule has 28 heavy (non-hydrogen) atoms. The minimum atomic E-state index is 0. The number of nitrogens with one attached hydrogen (secondary N) is 2. The molecule has 0 unspecified atom stereocenters. The Kier molecular flexibility index (Phi) is 10.0. The molecule has 0 spiro atoms. The predicted octanol–water partition coefficient (Wildman–Crippen LogP) is 4.27. The first kappa shape index (κ1) is 23.4. The summed E-state index contributed by atoms with van der Waals surface area (Å²) in [6.45, 7) is 7.43. The largest absolute Gasteiger partial charge is 0.359 e. The average Bonchev–Trinajstić information content (AvgIpc) is 3.39. The van der Waals surface area contributed by atoms with Crippen LogP contribution in [0.4, 0.5) is 0 Å². The molecule has 7 heteroatoms. The quantitative estimate of drug-likeness (QED) is 0.331. The van der Waals surface area contributed by atoms with Crippen molar-refractivity contribution in [3.05, 3.63) is 17.5 Å². The molecule has 0 bridgehead atoms. The topological polar surface area (TPSA) is 65.7 Å². The van der Waals surface area contributed by atoms with E-state index in [0.29, 0.717) is 18.5 Å². The first-order valence-electron chi connectivity index (χ1n) is 10.9. The van der Waals surface area contributed by atoms with Crippen LogP contribution >= 0.6 is 24.0 Å². The summed E-state index contributed by atoms with van der Waals surface area (Å²) in [4.78, 5) is 7.09. The molecule has 160 valence electrons. The third kappa shape index (κ3) is 6.34. The van der Waals surface area contributed by atoms with Crippen molar-refractivity contribution in [2.75, 3.05) is 20.1 Å². The van der Waals surface area contributed by atoms with Crippen molar-refractivity contribution in [1.29, 1.82) is 0 Å². The van der Waals surface area contributed by atoms with Gasteiger partial charge in [0.2, 0.25) is 0 Å². The first-order valence-corrected chi connectivity index (χ1v) is 10.9. The van der Waals surface area contributed by atoms with Crippen LogP contribution in [0.1, 0.15) is 82.6 Å². The normalized spacial score (nSPS) is 19.8. The second kappa shape index (κ2) is 12.0. The van der Waals surface area contributed by atoms with E-state index in [9.17, 15) is 0 Å². The van der Waals surface area contributed by atoms with Crippen molar-refractivity contribution in [1.82, 2.24) is 20.7 Å². The van der Waals surface area contributed by atoms with E-state index in [2.05, 4.69) is 45.6 Å². The lowest BCUT2D eigenvalue weighted by molar-refractivity contribution is 0.150. The summed E-state index contributed by atoms with van der Waals surface area (Å²) < 4.78 is 5.50. The molecule has 2 aliphatic rings. The van der Waals surface area contributed by atoms with Gasteiger partial charge in [-0.05, 0) is 38.5 Å². The molecule has 1 aromatic heterocycles. The predicted molar refractivity (Wildman–Crippen MR) is 125 cm³/mol. The molecule has 1 aliphatic carbocycles. The standard InChI is InChI=1S/C21H37N5O.HI/c1-4-16(5-2)20-14-19(27-25-20)15-23-21(22-3)24-17-10-12-26(13-11-17)18-8-6-7-9-18;/h14,16-18H,4-13,15H2,1-3H3,(H2,22,23,24);1H. The van der Waals surface area contributed by atoms with E-state index in [1.54, 1.807) is 0 Å². The molecule has 1 aromatic rings. The fourth-order valence-electron chi connectivity index (χ4n) is 4.55. The van der Waals surface area contributed by atoms with Crippen LogP contribution in [0.3, 0.4) is 0 Å². The van der Waals surface area contributed by atoms with Gasteiger partial charge in [-0.3, -0.25) is 4.99 Å². The van der Waals surface area contributed by atoms with E-state index >= 15 is 0 Å². The van der Waals surface area contributed by atoms with Crippen molar-refractivity contribution in [2.24, 2.45) is 4.99 Å². The van der Waals surface area contributed by atoms with Gasteiger partial charge in [-0.25, -0.2) is 0 Å². The van der Waals surface area contributed by atoms with E-state index in [-0.39, 0.29) is 24.0 Å². The second-order valence-corrected chi connectivity index (χ2v) is 8.05. The summed E-state index contributed by atoms with van der Waals surface area (Å²) in [5.74, 6) is 2.22. The maximum Gasteiger partial charge on any atom is 0.191 e. The highest BCUT2D eigenvalue weighted by atomic mass is 127. The highest BCUT2D eigenvalue weighted by Crippen LogP contribution is 2.26. The van der Waals surface area contributed by atoms with Crippen molar-refractivity contribution in [2.45, 2.75) is 89.8 Å². The first-order chi connectivity index (χ1) is 13.2. The molecule has 0 radical (unpaired) electrons. The minimum absolute atomic E-state index is 0. The van der Waals surface area contributed by atoms with Crippen molar-refractivity contribution < 1.29 is 4.52 Å². The molecule has 0 aromatic carbocycles. The Bertz CT molecular complexity index is 587. The zero-order chi connectivity index (χ0) is 19.1. The van der Waals surface area contributed by atoms with Gasteiger partial charge in [0.15, 0.2) is 11.7 Å². The summed E-state index contributed by atoms with van der Waals surface area (Å²) in [5, 5.41) is 11.2. The van der Waals surface area contributed by atoms with Gasteiger partial charge in [-0.2, -0.15) is 0 Å². The number of hydrogen-bond donors (Lipinski definition) is 2. The van der Waals surface area contributed by atoms with Crippen LogP contribution in [0.25, 0.3) is 0 Å².